The second kappa shape index (κ2) is 6.83. The largest absolute Gasteiger partial charge is 0.422 e. The second-order valence-electron chi connectivity index (χ2n) is 10.0. The monoisotopic (exact) mass is 400 g/mol. The lowest BCUT2D eigenvalue weighted by atomic mass is 9.48. The van der Waals surface area contributed by atoms with E-state index >= 15 is 0 Å². The maximum Gasteiger partial charge on any atom is 0.308 e. The van der Waals surface area contributed by atoms with E-state index in [0.717, 1.165) is 36.0 Å². The molecule has 3 atom stereocenters. The van der Waals surface area contributed by atoms with Crippen LogP contribution in [0.4, 0.5) is 0 Å². The summed E-state index contributed by atoms with van der Waals surface area (Å²) in [4.78, 5) is 24.1. The fourth-order valence-electron chi connectivity index (χ4n) is 6.16. The molecule has 0 amide bonds. The normalized spacial score (nSPS) is 29.2. The number of esters is 2. The van der Waals surface area contributed by atoms with Crippen molar-refractivity contribution in [1.29, 1.82) is 0 Å². The number of fused-ring (bicyclic) bond motifs is 1. The Balaban J connectivity index is 2.03. The molecule has 5 nitrogen and oxygen atoms in total. The summed E-state index contributed by atoms with van der Waals surface area (Å²) >= 11 is 0. The van der Waals surface area contributed by atoms with Crippen molar-refractivity contribution in [1.82, 2.24) is 0 Å². The van der Waals surface area contributed by atoms with E-state index in [-0.39, 0.29) is 22.9 Å². The van der Waals surface area contributed by atoms with Crippen molar-refractivity contribution in [2.75, 3.05) is 6.61 Å². The number of benzene rings is 1. The molecule has 1 aromatic rings. The van der Waals surface area contributed by atoms with E-state index in [1.807, 2.05) is 0 Å². The molecular formula is C24H32O5. The van der Waals surface area contributed by atoms with Crippen LogP contribution in [0, 0.1) is 11.3 Å². The van der Waals surface area contributed by atoms with Crippen molar-refractivity contribution in [2.45, 2.75) is 84.7 Å². The van der Waals surface area contributed by atoms with Crippen LogP contribution in [0.2, 0.25) is 0 Å². The van der Waals surface area contributed by atoms with Gasteiger partial charge in [0.05, 0.1) is 12.7 Å². The van der Waals surface area contributed by atoms with Gasteiger partial charge in [-0.2, -0.15) is 0 Å². The van der Waals surface area contributed by atoms with E-state index in [1.54, 1.807) is 0 Å². The van der Waals surface area contributed by atoms with Crippen LogP contribution in [0.3, 0.4) is 0 Å². The molecule has 29 heavy (non-hydrogen) atoms. The molecular weight excluding hydrogens is 368 g/mol. The van der Waals surface area contributed by atoms with Gasteiger partial charge in [-0.25, -0.2) is 0 Å². The lowest BCUT2D eigenvalue weighted by Gasteiger charge is -2.60. The highest BCUT2D eigenvalue weighted by Gasteiger charge is 2.60. The molecule has 1 unspecified atom stereocenters. The lowest BCUT2D eigenvalue weighted by molar-refractivity contribution is -0.141. The van der Waals surface area contributed by atoms with Crippen LogP contribution in [-0.4, -0.2) is 18.5 Å². The maximum atomic E-state index is 12.1. The molecule has 5 rings (SSSR count). The first-order valence-electron chi connectivity index (χ1n) is 10.8. The Hall–Kier alpha value is -1.88. The van der Waals surface area contributed by atoms with Gasteiger partial charge in [-0.05, 0) is 48.1 Å². The van der Waals surface area contributed by atoms with Gasteiger partial charge in [0.2, 0.25) is 0 Å². The summed E-state index contributed by atoms with van der Waals surface area (Å²) in [6.07, 6.45) is 4.27. The highest BCUT2D eigenvalue weighted by molar-refractivity contribution is 5.77. The summed E-state index contributed by atoms with van der Waals surface area (Å²) in [6, 6.07) is 2.13. The van der Waals surface area contributed by atoms with E-state index in [0.29, 0.717) is 24.0 Å². The first kappa shape index (κ1) is 20.4. The van der Waals surface area contributed by atoms with Gasteiger partial charge in [0, 0.05) is 30.4 Å². The lowest BCUT2D eigenvalue weighted by Crippen LogP contribution is -2.57. The molecule has 2 bridgehead atoms. The van der Waals surface area contributed by atoms with E-state index in [9.17, 15) is 9.59 Å². The molecule has 1 aromatic carbocycles. The van der Waals surface area contributed by atoms with Crippen LogP contribution < -0.4 is 9.47 Å². The van der Waals surface area contributed by atoms with Crippen molar-refractivity contribution in [3.05, 3.63) is 22.8 Å². The Kier molecular flexibility index (Phi) is 4.80. The van der Waals surface area contributed by atoms with Crippen LogP contribution >= 0.6 is 0 Å². The van der Waals surface area contributed by atoms with E-state index < -0.39 is 11.9 Å². The number of carbonyl (C=O) groups is 2. The molecule has 0 aromatic heterocycles. The third-order valence-electron chi connectivity index (χ3n) is 7.30. The average Bonchev–Trinajstić information content (AvgIpc) is 2.61. The molecule has 158 valence electrons. The molecule has 2 aliphatic carbocycles. The Morgan fingerprint density at radius 2 is 1.76 bits per heavy atom. The summed E-state index contributed by atoms with van der Waals surface area (Å²) in [5.41, 5.74) is 3.02. The third-order valence-corrected chi connectivity index (χ3v) is 7.30. The number of hydrogen-bond acceptors (Lipinski definition) is 5. The quantitative estimate of drug-likeness (QED) is 0.515. The number of hydrogen-bond donors (Lipinski definition) is 0. The summed E-state index contributed by atoms with van der Waals surface area (Å²) in [5, 5.41) is 0. The summed E-state index contributed by atoms with van der Waals surface area (Å²) in [6.45, 7) is 12.2. The molecule has 1 spiro atoms. The Bertz CT molecular complexity index is 869. The zero-order valence-corrected chi connectivity index (χ0v) is 18.4. The zero-order valence-electron chi connectivity index (χ0n) is 18.4. The van der Waals surface area contributed by atoms with E-state index in [1.165, 1.54) is 20.3 Å². The zero-order chi connectivity index (χ0) is 21.1. The van der Waals surface area contributed by atoms with E-state index in [2.05, 4.69) is 33.8 Å². The standard InChI is InChI=1S/C24H32O5/c1-13(2)16-10-17-18-11-19-23(5,6)8-7-9-24(19,12-27-18)20(17)22(29-15(4)26)21(16)28-14(3)25/h10,13,18-19H,7-9,11-12H2,1-6H3/t18-,19?,24+/m0/s1. The van der Waals surface area contributed by atoms with Gasteiger partial charge in [0.25, 0.3) is 0 Å². The predicted molar refractivity (Wildman–Crippen MR) is 109 cm³/mol. The van der Waals surface area contributed by atoms with Crippen molar-refractivity contribution < 1.29 is 23.8 Å². The summed E-state index contributed by atoms with van der Waals surface area (Å²) in [5.74, 6) is 0.609. The first-order valence-corrected chi connectivity index (χ1v) is 10.8. The minimum Gasteiger partial charge on any atom is -0.422 e. The fraction of sp³-hybridized carbons (Fsp3) is 0.667. The highest BCUT2D eigenvalue weighted by Crippen LogP contribution is 2.66. The van der Waals surface area contributed by atoms with Gasteiger partial charge in [-0.3, -0.25) is 9.59 Å². The van der Waals surface area contributed by atoms with Gasteiger partial charge in [-0.15, -0.1) is 0 Å². The van der Waals surface area contributed by atoms with Gasteiger partial charge in [0.1, 0.15) is 0 Å². The molecule has 2 fully saturated rings. The number of ether oxygens (including phenoxy) is 3. The van der Waals surface area contributed by atoms with Crippen LogP contribution in [0.1, 0.15) is 95.9 Å². The molecule has 2 aliphatic heterocycles. The maximum absolute atomic E-state index is 12.1. The Morgan fingerprint density at radius 1 is 1.10 bits per heavy atom. The molecule has 5 heteroatoms. The highest BCUT2D eigenvalue weighted by atomic mass is 16.6. The van der Waals surface area contributed by atoms with Gasteiger partial charge in [0.15, 0.2) is 11.5 Å². The molecule has 1 saturated heterocycles. The Morgan fingerprint density at radius 3 is 2.38 bits per heavy atom. The number of carbonyl (C=O) groups excluding carboxylic acids is 2. The predicted octanol–water partition coefficient (Wildman–Crippen LogP) is 5.20. The number of rotatable bonds is 3. The molecule has 0 radical (unpaired) electrons. The Labute approximate surface area is 173 Å². The van der Waals surface area contributed by atoms with Crippen LogP contribution in [0.15, 0.2) is 6.07 Å². The van der Waals surface area contributed by atoms with Crippen LogP contribution in [0.5, 0.6) is 11.5 Å². The molecule has 2 heterocycles. The van der Waals surface area contributed by atoms with Gasteiger partial charge < -0.3 is 14.2 Å². The fourth-order valence-corrected chi connectivity index (χ4v) is 6.16. The van der Waals surface area contributed by atoms with Crippen molar-refractivity contribution in [3.63, 3.8) is 0 Å². The minimum atomic E-state index is -0.407. The minimum absolute atomic E-state index is 0.00700. The summed E-state index contributed by atoms with van der Waals surface area (Å²) < 4.78 is 17.8. The molecule has 1 saturated carbocycles. The van der Waals surface area contributed by atoms with Crippen LogP contribution in [0.25, 0.3) is 0 Å². The molecule has 0 N–H and O–H groups in total. The van der Waals surface area contributed by atoms with Crippen molar-refractivity contribution >= 4 is 11.9 Å². The summed E-state index contributed by atoms with van der Waals surface area (Å²) in [7, 11) is 0. The van der Waals surface area contributed by atoms with Crippen molar-refractivity contribution in [2.24, 2.45) is 11.3 Å². The van der Waals surface area contributed by atoms with Gasteiger partial charge in [-0.1, -0.05) is 34.1 Å². The first-order chi connectivity index (χ1) is 13.6. The topological polar surface area (TPSA) is 61.8 Å². The second-order valence-corrected chi connectivity index (χ2v) is 10.0. The SMILES string of the molecule is CC(=O)Oc1c(C(C)C)cc2c(c1OC(C)=O)[C@@]13CCCC(C)(C)C1C[C@@H]2OC3. The van der Waals surface area contributed by atoms with E-state index in [4.69, 9.17) is 14.2 Å². The molecule has 4 aliphatic rings. The van der Waals surface area contributed by atoms with Crippen LogP contribution in [-0.2, 0) is 19.7 Å². The van der Waals surface area contributed by atoms with Gasteiger partial charge >= 0.3 is 11.9 Å². The van der Waals surface area contributed by atoms with Crippen molar-refractivity contribution in [3.8, 4) is 11.5 Å². The third kappa shape index (κ3) is 3.09. The average molecular weight is 401 g/mol. The smallest absolute Gasteiger partial charge is 0.308 e.